The maximum Gasteiger partial charge on any atom is 0.326 e. The third-order valence-electron chi connectivity index (χ3n) is 2.24. The lowest BCUT2D eigenvalue weighted by Gasteiger charge is -2.14. The van der Waals surface area contributed by atoms with Crippen molar-refractivity contribution in [2.45, 2.75) is 39.2 Å². The fourth-order valence-electron chi connectivity index (χ4n) is 1.20. The molecule has 5 N–H and O–H groups in total. The Morgan fingerprint density at radius 1 is 1.24 bits per heavy atom. The molecule has 0 aliphatic heterocycles. The summed E-state index contributed by atoms with van der Waals surface area (Å²) in [6.07, 6.45) is 1.62. The van der Waals surface area contributed by atoms with Gasteiger partial charge in [0.05, 0.1) is 0 Å². The molecule has 0 saturated carbocycles. The molecule has 1 amide bonds. The van der Waals surface area contributed by atoms with E-state index in [0.29, 0.717) is 31.4 Å². The van der Waals surface area contributed by atoms with E-state index in [1.54, 1.807) is 13.8 Å². The predicted molar refractivity (Wildman–Crippen MR) is 63.5 cm³/mol. The lowest BCUT2D eigenvalue weighted by molar-refractivity contribution is -0.141. The highest BCUT2D eigenvalue weighted by atomic mass is 16.4. The molecule has 98 valence electrons. The van der Waals surface area contributed by atoms with E-state index in [-0.39, 0.29) is 0 Å². The molecule has 0 aromatic rings. The van der Waals surface area contributed by atoms with Crippen LogP contribution in [-0.2, 0) is 9.59 Å². The van der Waals surface area contributed by atoms with Crippen LogP contribution < -0.4 is 11.1 Å². The second kappa shape index (κ2) is 7.67. The Bertz CT molecular complexity index is 309. The first kappa shape index (κ1) is 15.4. The van der Waals surface area contributed by atoms with E-state index in [9.17, 15) is 14.7 Å². The number of rotatable bonds is 7. The molecule has 0 aliphatic rings. The number of amides is 1. The van der Waals surface area contributed by atoms with Crippen molar-refractivity contribution in [3.05, 3.63) is 11.3 Å². The Morgan fingerprint density at radius 3 is 2.24 bits per heavy atom. The van der Waals surface area contributed by atoms with Crippen molar-refractivity contribution in [2.75, 3.05) is 6.54 Å². The van der Waals surface area contributed by atoms with Gasteiger partial charge in [0, 0.05) is 0 Å². The zero-order valence-corrected chi connectivity index (χ0v) is 10.2. The first-order valence-corrected chi connectivity index (χ1v) is 5.50. The van der Waals surface area contributed by atoms with Gasteiger partial charge in [-0.05, 0) is 45.2 Å². The van der Waals surface area contributed by atoms with E-state index in [1.165, 1.54) is 0 Å². The van der Waals surface area contributed by atoms with Crippen LogP contribution in [0.1, 0.15) is 33.1 Å². The highest BCUT2D eigenvalue weighted by Gasteiger charge is 2.21. The average molecular weight is 244 g/mol. The van der Waals surface area contributed by atoms with Gasteiger partial charge in [-0.1, -0.05) is 0 Å². The van der Waals surface area contributed by atoms with Gasteiger partial charge in [-0.15, -0.1) is 0 Å². The van der Waals surface area contributed by atoms with Crippen LogP contribution in [0.3, 0.4) is 0 Å². The molecule has 17 heavy (non-hydrogen) atoms. The number of hydrogen-bond acceptors (Lipinski definition) is 4. The number of aliphatic hydroxyl groups is 1. The third kappa shape index (κ3) is 5.91. The molecule has 1 atom stereocenters. The number of nitrogens with one attached hydrogen (secondary N) is 1. The van der Waals surface area contributed by atoms with Crippen LogP contribution in [0, 0.1) is 0 Å². The Hall–Kier alpha value is -1.56. The van der Waals surface area contributed by atoms with E-state index >= 15 is 0 Å². The molecule has 6 heteroatoms. The molecule has 0 aromatic heterocycles. The number of aliphatic carboxylic acids is 1. The summed E-state index contributed by atoms with van der Waals surface area (Å²) in [5.41, 5.74) is 5.74. The highest BCUT2D eigenvalue weighted by molar-refractivity contribution is 5.94. The predicted octanol–water partition coefficient (Wildman–Crippen LogP) is 0.537. The van der Waals surface area contributed by atoms with Crippen LogP contribution in [0.15, 0.2) is 11.3 Å². The van der Waals surface area contributed by atoms with Gasteiger partial charge in [0.1, 0.15) is 6.04 Å². The molecule has 0 heterocycles. The van der Waals surface area contributed by atoms with Crippen molar-refractivity contribution in [1.82, 2.24) is 5.32 Å². The first-order valence-electron chi connectivity index (χ1n) is 5.50. The van der Waals surface area contributed by atoms with Gasteiger partial charge >= 0.3 is 5.97 Å². The average Bonchev–Trinajstić information content (AvgIpc) is 2.26. The number of carboxylic acid groups (broad SMARTS) is 1. The zero-order chi connectivity index (χ0) is 13.4. The van der Waals surface area contributed by atoms with Crippen molar-refractivity contribution in [1.29, 1.82) is 0 Å². The Morgan fingerprint density at radius 2 is 1.82 bits per heavy atom. The smallest absolute Gasteiger partial charge is 0.326 e. The molecule has 6 nitrogen and oxygen atoms in total. The van der Waals surface area contributed by atoms with E-state index in [4.69, 9.17) is 10.8 Å². The van der Waals surface area contributed by atoms with Gasteiger partial charge in [-0.25, -0.2) is 4.79 Å². The van der Waals surface area contributed by atoms with Crippen LogP contribution in [0.25, 0.3) is 0 Å². The molecule has 0 aromatic carbocycles. The summed E-state index contributed by atoms with van der Waals surface area (Å²) in [7, 11) is 0. The van der Waals surface area contributed by atoms with Crippen molar-refractivity contribution in [3.8, 4) is 0 Å². The Balaban J connectivity index is 4.41. The van der Waals surface area contributed by atoms with Gasteiger partial charge in [0.2, 0.25) is 0 Å². The van der Waals surface area contributed by atoms with Crippen LogP contribution in [0.4, 0.5) is 0 Å². The van der Waals surface area contributed by atoms with E-state index < -0.39 is 23.7 Å². The van der Waals surface area contributed by atoms with Gasteiger partial charge < -0.3 is 21.3 Å². The summed E-state index contributed by atoms with van der Waals surface area (Å²) in [5.74, 6) is -2.31. The summed E-state index contributed by atoms with van der Waals surface area (Å²) >= 11 is 0. The van der Waals surface area contributed by atoms with Gasteiger partial charge in [0.15, 0.2) is 5.76 Å². The number of unbranched alkanes of at least 4 members (excludes halogenated alkanes) is 1. The number of carbonyl (C=O) groups excluding carboxylic acids is 1. The normalized spacial score (nSPS) is 11.7. The minimum absolute atomic E-state index is 0.300. The second-order valence-corrected chi connectivity index (χ2v) is 4.00. The number of nitrogens with two attached hydrogens (primary N) is 1. The van der Waals surface area contributed by atoms with Gasteiger partial charge in [-0.3, -0.25) is 4.79 Å². The molecule has 0 bridgehead atoms. The van der Waals surface area contributed by atoms with Gasteiger partial charge in [0.25, 0.3) is 5.91 Å². The molecule has 0 radical (unpaired) electrons. The summed E-state index contributed by atoms with van der Waals surface area (Å²) in [5, 5.41) is 20.5. The maximum atomic E-state index is 11.4. The second-order valence-electron chi connectivity index (χ2n) is 4.00. The maximum absolute atomic E-state index is 11.4. The monoisotopic (exact) mass is 244 g/mol. The molecule has 0 spiro atoms. The number of hydrogen-bond donors (Lipinski definition) is 4. The topological polar surface area (TPSA) is 113 Å². The van der Waals surface area contributed by atoms with Crippen LogP contribution in [-0.4, -0.2) is 34.7 Å². The molecule has 1 unspecified atom stereocenters. The van der Waals surface area contributed by atoms with Crippen molar-refractivity contribution >= 4 is 11.9 Å². The molecule has 0 saturated heterocycles. The fourth-order valence-corrected chi connectivity index (χ4v) is 1.20. The quantitative estimate of drug-likeness (QED) is 0.296. The standard InChI is InChI=1S/C11H20N2O4/c1-7(2)9(14)10(15)13-8(11(16)17)5-3-4-6-12/h8,14H,3-6,12H2,1-2H3,(H,13,15)(H,16,17). The fraction of sp³-hybridized carbons (Fsp3) is 0.636. The van der Waals surface area contributed by atoms with Crippen LogP contribution in [0.2, 0.25) is 0 Å². The number of carboxylic acids is 1. The number of allylic oxidation sites excluding steroid dienone is 1. The molecular formula is C11H20N2O4. The first-order chi connectivity index (χ1) is 7.90. The largest absolute Gasteiger partial charge is 0.503 e. The third-order valence-corrected chi connectivity index (χ3v) is 2.24. The summed E-state index contributed by atoms with van der Waals surface area (Å²) in [6.45, 7) is 3.62. The number of carbonyl (C=O) groups is 2. The molecular weight excluding hydrogens is 224 g/mol. The molecule has 0 aliphatic carbocycles. The minimum atomic E-state index is -1.11. The summed E-state index contributed by atoms with van der Waals surface area (Å²) in [6, 6.07) is -0.990. The lowest BCUT2D eigenvalue weighted by atomic mass is 10.1. The van der Waals surface area contributed by atoms with E-state index in [0.717, 1.165) is 0 Å². The van der Waals surface area contributed by atoms with Crippen molar-refractivity contribution in [3.63, 3.8) is 0 Å². The highest BCUT2D eigenvalue weighted by Crippen LogP contribution is 2.04. The summed E-state index contributed by atoms with van der Waals surface area (Å²) < 4.78 is 0. The SMILES string of the molecule is CC(C)=C(O)C(=O)NC(CCCCN)C(=O)O. The molecule has 0 rings (SSSR count). The van der Waals surface area contributed by atoms with E-state index in [1.807, 2.05) is 0 Å². The lowest BCUT2D eigenvalue weighted by Crippen LogP contribution is -2.41. The van der Waals surface area contributed by atoms with Gasteiger partial charge in [-0.2, -0.15) is 0 Å². The van der Waals surface area contributed by atoms with Crippen LogP contribution >= 0.6 is 0 Å². The van der Waals surface area contributed by atoms with Crippen molar-refractivity contribution < 1.29 is 19.8 Å². The van der Waals surface area contributed by atoms with Crippen LogP contribution in [0.5, 0.6) is 0 Å². The number of aliphatic hydroxyl groups excluding tert-OH is 1. The van der Waals surface area contributed by atoms with Crippen molar-refractivity contribution in [2.24, 2.45) is 5.73 Å². The Labute approximate surface area is 101 Å². The van der Waals surface area contributed by atoms with E-state index in [2.05, 4.69) is 5.32 Å². The minimum Gasteiger partial charge on any atom is -0.503 e. The molecule has 0 fully saturated rings. The summed E-state index contributed by atoms with van der Waals surface area (Å²) in [4.78, 5) is 22.3. The zero-order valence-electron chi connectivity index (χ0n) is 10.2. The Kier molecular flexibility index (Phi) is 6.97.